The van der Waals surface area contributed by atoms with Crippen LogP contribution in [0.4, 0.5) is 0 Å². The summed E-state index contributed by atoms with van der Waals surface area (Å²) in [6.07, 6.45) is 0. The van der Waals surface area contributed by atoms with Crippen LogP contribution in [0.1, 0.15) is 49.9 Å². The molecule has 39 heavy (non-hydrogen) atoms. The van der Waals surface area contributed by atoms with Crippen molar-refractivity contribution >= 4 is 50.8 Å². The summed E-state index contributed by atoms with van der Waals surface area (Å²) in [6, 6.07) is 30.7. The molecule has 3 heterocycles. The van der Waals surface area contributed by atoms with E-state index in [-0.39, 0.29) is 17.6 Å². The molecule has 0 radical (unpaired) electrons. The van der Waals surface area contributed by atoms with E-state index in [2.05, 4.69) is 71.9 Å². The summed E-state index contributed by atoms with van der Waals surface area (Å²) in [5.41, 5.74) is 8.77. The van der Waals surface area contributed by atoms with Crippen molar-refractivity contribution in [2.45, 2.75) is 25.3 Å². The van der Waals surface area contributed by atoms with Gasteiger partial charge in [0.2, 0.25) is 0 Å². The van der Waals surface area contributed by atoms with Gasteiger partial charge >= 0.3 is 0 Å². The van der Waals surface area contributed by atoms with Gasteiger partial charge in [0.15, 0.2) is 5.78 Å². The highest BCUT2D eigenvalue weighted by Gasteiger charge is 2.64. The van der Waals surface area contributed by atoms with Gasteiger partial charge in [0.25, 0.3) is 0 Å². The van der Waals surface area contributed by atoms with Crippen molar-refractivity contribution in [3.63, 3.8) is 0 Å². The van der Waals surface area contributed by atoms with Crippen LogP contribution in [0.25, 0.3) is 21.8 Å². The highest BCUT2D eigenvalue weighted by Crippen LogP contribution is 2.63. The molecule has 2 aliphatic rings. The number of aromatic nitrogens is 2. The summed E-state index contributed by atoms with van der Waals surface area (Å²) >= 11 is 13.0. The SMILES string of the molecule is Cc1c(C23c4ccccc4C(=O)C2C(c2ccccc2)c2c(C)c4cc(Cl)ccc4n23)[nH]c2ccc(Cl)cc12. The van der Waals surface area contributed by atoms with Crippen molar-refractivity contribution in [1.82, 2.24) is 9.55 Å². The molecule has 5 heteroatoms. The lowest BCUT2D eigenvalue weighted by Crippen LogP contribution is -2.39. The van der Waals surface area contributed by atoms with Crippen LogP contribution in [0.15, 0.2) is 91.0 Å². The number of nitrogens with one attached hydrogen (secondary N) is 1. The number of benzene rings is 4. The van der Waals surface area contributed by atoms with Crippen molar-refractivity contribution in [3.05, 3.63) is 140 Å². The zero-order valence-corrected chi connectivity index (χ0v) is 22.9. The number of ketones is 1. The van der Waals surface area contributed by atoms with Crippen LogP contribution < -0.4 is 0 Å². The second-order valence-corrected chi connectivity index (χ2v) is 11.7. The van der Waals surface area contributed by atoms with Gasteiger partial charge in [0.05, 0.1) is 11.6 Å². The van der Waals surface area contributed by atoms with Crippen molar-refractivity contribution in [2.24, 2.45) is 5.92 Å². The van der Waals surface area contributed by atoms with Gasteiger partial charge in [-0.2, -0.15) is 0 Å². The van der Waals surface area contributed by atoms with Crippen molar-refractivity contribution in [2.75, 3.05) is 0 Å². The molecule has 0 saturated heterocycles. The fraction of sp³-hybridized carbons (Fsp3) is 0.147. The predicted molar refractivity (Wildman–Crippen MR) is 158 cm³/mol. The Hall–Kier alpha value is -3.79. The lowest BCUT2D eigenvalue weighted by Gasteiger charge is -2.34. The third-order valence-electron chi connectivity index (χ3n) is 9.11. The molecule has 2 aromatic heterocycles. The van der Waals surface area contributed by atoms with E-state index < -0.39 is 5.54 Å². The maximum atomic E-state index is 14.6. The largest absolute Gasteiger partial charge is 0.356 e. The Kier molecular flexibility index (Phi) is 4.67. The number of H-pyrrole nitrogens is 1. The number of hydrogen-bond donors (Lipinski definition) is 1. The third-order valence-corrected chi connectivity index (χ3v) is 9.58. The van der Waals surface area contributed by atoms with Crippen LogP contribution in [0.2, 0.25) is 10.0 Å². The van der Waals surface area contributed by atoms with Gasteiger partial charge in [-0.05, 0) is 72.5 Å². The Balaban J connectivity index is 1.61. The molecule has 3 atom stereocenters. The van der Waals surface area contributed by atoms with Gasteiger partial charge in [-0.15, -0.1) is 0 Å². The molecule has 0 fully saturated rings. The number of aromatic amines is 1. The molecule has 1 N–H and O–H groups in total. The van der Waals surface area contributed by atoms with E-state index in [0.717, 1.165) is 55.3 Å². The van der Waals surface area contributed by atoms with Crippen LogP contribution in [-0.4, -0.2) is 15.3 Å². The Bertz CT molecular complexity index is 2000. The quantitative estimate of drug-likeness (QED) is 0.231. The highest BCUT2D eigenvalue weighted by atomic mass is 35.5. The molecule has 8 rings (SSSR count). The normalized spacial score (nSPS) is 21.5. The molecule has 1 aliphatic carbocycles. The van der Waals surface area contributed by atoms with E-state index in [9.17, 15) is 4.79 Å². The maximum absolute atomic E-state index is 14.6. The van der Waals surface area contributed by atoms with Crippen LogP contribution in [0.3, 0.4) is 0 Å². The Morgan fingerprint density at radius 1 is 0.795 bits per heavy atom. The summed E-state index contributed by atoms with van der Waals surface area (Å²) in [7, 11) is 0. The second-order valence-electron chi connectivity index (χ2n) is 10.9. The number of carbonyl (C=O) groups excluding carboxylic acids is 1. The summed E-state index contributed by atoms with van der Waals surface area (Å²) in [4.78, 5) is 18.4. The minimum absolute atomic E-state index is 0.133. The lowest BCUT2D eigenvalue weighted by molar-refractivity contribution is 0.0895. The molecule has 0 amide bonds. The smallest absolute Gasteiger partial charge is 0.170 e. The molecule has 3 unspecified atom stereocenters. The van der Waals surface area contributed by atoms with Gasteiger partial charge in [0.1, 0.15) is 5.54 Å². The molecule has 1 aliphatic heterocycles. The van der Waals surface area contributed by atoms with Crippen LogP contribution >= 0.6 is 23.2 Å². The maximum Gasteiger partial charge on any atom is 0.170 e. The van der Waals surface area contributed by atoms with Crippen molar-refractivity contribution in [1.29, 1.82) is 0 Å². The second kappa shape index (κ2) is 7.88. The lowest BCUT2D eigenvalue weighted by atomic mass is 9.72. The first-order valence-electron chi connectivity index (χ1n) is 13.2. The predicted octanol–water partition coefficient (Wildman–Crippen LogP) is 8.80. The van der Waals surface area contributed by atoms with Crippen molar-refractivity contribution < 1.29 is 4.79 Å². The van der Waals surface area contributed by atoms with Crippen LogP contribution in [-0.2, 0) is 5.54 Å². The minimum Gasteiger partial charge on any atom is -0.356 e. The molecular weight excluding hydrogens is 523 g/mol. The molecule has 3 nitrogen and oxygen atoms in total. The Morgan fingerprint density at radius 2 is 1.49 bits per heavy atom. The summed E-state index contributed by atoms with van der Waals surface area (Å²) in [6.45, 7) is 4.32. The van der Waals surface area contributed by atoms with Crippen LogP contribution in [0, 0.1) is 19.8 Å². The summed E-state index contributed by atoms with van der Waals surface area (Å²) in [5.74, 6) is -0.305. The monoisotopic (exact) mass is 546 g/mol. The average molecular weight is 547 g/mol. The van der Waals surface area contributed by atoms with Gasteiger partial charge in [0, 0.05) is 49.0 Å². The Morgan fingerprint density at radius 3 is 2.28 bits per heavy atom. The fourth-order valence-corrected chi connectivity index (χ4v) is 7.99. The average Bonchev–Trinajstić information content (AvgIpc) is 3.61. The zero-order chi connectivity index (χ0) is 26.6. The first kappa shape index (κ1) is 23.1. The van der Waals surface area contributed by atoms with Crippen molar-refractivity contribution in [3.8, 4) is 0 Å². The van der Waals surface area contributed by atoms with Gasteiger partial charge in [-0.25, -0.2) is 0 Å². The van der Waals surface area contributed by atoms with Crippen LogP contribution in [0.5, 0.6) is 0 Å². The molecule has 190 valence electrons. The number of rotatable bonds is 2. The highest BCUT2D eigenvalue weighted by molar-refractivity contribution is 6.31. The van der Waals surface area contributed by atoms with Gasteiger partial charge in [-0.3, -0.25) is 4.79 Å². The standard InChI is InChI=1S/C34H24Cl2N2O/c1-18-25-17-22(36)13-15-28(25)38-31(18)29(20-8-4-3-5-9-20)30-32(39)23-10-6-7-11-26(23)34(30,38)33-19(2)24-16-21(35)12-14-27(24)37-33/h3-17,29-30,37H,1-2H3. The Labute approximate surface area is 236 Å². The number of nitrogens with zero attached hydrogens (tertiary/aromatic N) is 1. The molecule has 4 aromatic carbocycles. The topological polar surface area (TPSA) is 37.8 Å². The third kappa shape index (κ3) is 2.77. The van der Waals surface area contributed by atoms with Gasteiger partial charge < -0.3 is 9.55 Å². The molecular formula is C34H24Cl2N2O. The fourth-order valence-electron chi connectivity index (χ4n) is 7.65. The minimum atomic E-state index is -0.764. The molecule has 0 spiro atoms. The zero-order valence-electron chi connectivity index (χ0n) is 21.4. The van der Waals surface area contributed by atoms with Gasteiger partial charge in [-0.1, -0.05) is 77.8 Å². The van der Waals surface area contributed by atoms with E-state index in [1.807, 2.05) is 42.5 Å². The van der Waals surface area contributed by atoms with E-state index in [4.69, 9.17) is 23.2 Å². The van der Waals surface area contributed by atoms with E-state index in [0.29, 0.717) is 10.0 Å². The molecule has 0 bridgehead atoms. The first-order valence-corrected chi connectivity index (χ1v) is 14.0. The van der Waals surface area contributed by atoms with E-state index >= 15 is 0 Å². The number of hydrogen-bond acceptors (Lipinski definition) is 1. The molecule has 6 aromatic rings. The number of fused-ring (bicyclic) bond motifs is 8. The number of carbonyl (C=O) groups is 1. The molecule has 0 saturated carbocycles. The summed E-state index contributed by atoms with van der Waals surface area (Å²) in [5, 5.41) is 3.59. The van der Waals surface area contributed by atoms with E-state index in [1.54, 1.807) is 0 Å². The number of halogens is 2. The number of aryl methyl sites for hydroxylation is 2. The number of Topliss-reactive ketones (excluding diaryl/α,β-unsaturated/α-hetero) is 1. The first-order chi connectivity index (χ1) is 18.9. The van der Waals surface area contributed by atoms with E-state index in [1.165, 1.54) is 5.69 Å². The summed E-state index contributed by atoms with van der Waals surface area (Å²) < 4.78 is 2.46.